The number of nitrogens with zero attached hydrogens (tertiary/aromatic N) is 3. The second-order valence-corrected chi connectivity index (χ2v) is 5.12. The summed E-state index contributed by atoms with van der Waals surface area (Å²) >= 11 is 5.87. The molecule has 2 aromatic carbocycles. The fraction of sp³-hybridized carbons (Fsp3) is 0.0588. The number of halogens is 1. The van der Waals surface area contributed by atoms with Gasteiger partial charge in [0.05, 0.1) is 11.6 Å². The number of aromatic hydroxyl groups is 1. The van der Waals surface area contributed by atoms with Gasteiger partial charge in [0.1, 0.15) is 18.4 Å². The Balaban J connectivity index is 1.81. The minimum Gasteiger partial charge on any atom is -0.506 e. The Morgan fingerprint density at radius 1 is 1.09 bits per heavy atom. The lowest BCUT2D eigenvalue weighted by Crippen LogP contribution is -1.99. The van der Waals surface area contributed by atoms with Crippen molar-refractivity contribution in [2.24, 2.45) is 0 Å². The van der Waals surface area contributed by atoms with Crippen LogP contribution in [0.25, 0.3) is 0 Å². The van der Waals surface area contributed by atoms with Gasteiger partial charge in [-0.3, -0.25) is 0 Å². The van der Waals surface area contributed by atoms with E-state index in [0.29, 0.717) is 11.6 Å². The van der Waals surface area contributed by atoms with Crippen LogP contribution in [0.5, 0.6) is 5.75 Å². The van der Waals surface area contributed by atoms with Crippen molar-refractivity contribution < 1.29 is 5.11 Å². The molecule has 0 atom stereocenters. The molecule has 0 saturated heterocycles. The number of aromatic nitrogens is 3. The summed E-state index contributed by atoms with van der Waals surface area (Å²) in [5.41, 5.74) is 2.76. The molecule has 3 rings (SSSR count). The average molecular weight is 310 g/mol. The molecule has 0 bridgehead atoms. The Bertz CT molecular complexity index is 848. The lowest BCUT2D eigenvalue weighted by atomic mass is 10.1. The summed E-state index contributed by atoms with van der Waals surface area (Å²) in [6, 6.07) is 12.8. The minimum atomic E-state index is 0.0575. The zero-order valence-electron chi connectivity index (χ0n) is 11.6. The Kier molecular flexibility index (Phi) is 4.08. The molecular weight excluding hydrogens is 298 g/mol. The van der Waals surface area contributed by atoms with Crippen molar-refractivity contribution in [3.63, 3.8) is 0 Å². The third kappa shape index (κ3) is 3.46. The summed E-state index contributed by atoms with van der Waals surface area (Å²) < 4.78 is 1.76. The third-order valence-corrected chi connectivity index (χ3v) is 3.34. The van der Waals surface area contributed by atoms with E-state index in [1.165, 1.54) is 12.4 Å². The highest BCUT2D eigenvalue weighted by molar-refractivity contribution is 6.32. The average Bonchev–Trinajstić information content (AvgIpc) is 3.02. The fourth-order valence-electron chi connectivity index (χ4n) is 1.98. The largest absolute Gasteiger partial charge is 0.506 e. The van der Waals surface area contributed by atoms with Gasteiger partial charge < -0.3 is 5.11 Å². The van der Waals surface area contributed by atoms with Gasteiger partial charge in [-0.05, 0) is 35.9 Å². The standard InChI is InChI=1S/C17H12ClN3O/c18-16-9-14(6-7-17(16)22)5-4-13-2-1-3-15(8-13)10-21-12-19-11-20-21/h1-3,6-9,11-12,22H,10H2. The topological polar surface area (TPSA) is 50.9 Å². The number of hydrogen-bond acceptors (Lipinski definition) is 3. The molecule has 4 nitrogen and oxygen atoms in total. The van der Waals surface area contributed by atoms with Crippen LogP contribution in [-0.2, 0) is 6.54 Å². The highest BCUT2D eigenvalue weighted by Crippen LogP contribution is 2.23. The lowest BCUT2D eigenvalue weighted by molar-refractivity contribution is 0.475. The molecule has 3 aromatic rings. The molecule has 0 spiro atoms. The van der Waals surface area contributed by atoms with Gasteiger partial charge in [0, 0.05) is 11.1 Å². The maximum absolute atomic E-state index is 9.39. The summed E-state index contributed by atoms with van der Waals surface area (Å²) in [6.07, 6.45) is 3.19. The van der Waals surface area contributed by atoms with Crippen molar-refractivity contribution in [2.75, 3.05) is 0 Å². The van der Waals surface area contributed by atoms with Crippen LogP contribution < -0.4 is 0 Å². The van der Waals surface area contributed by atoms with Gasteiger partial charge in [0.25, 0.3) is 0 Å². The van der Waals surface area contributed by atoms with Crippen molar-refractivity contribution in [2.45, 2.75) is 6.54 Å². The Morgan fingerprint density at radius 2 is 1.91 bits per heavy atom. The highest BCUT2D eigenvalue weighted by Gasteiger charge is 1.98. The summed E-state index contributed by atoms with van der Waals surface area (Å²) in [7, 11) is 0. The van der Waals surface area contributed by atoms with Crippen LogP contribution in [0.1, 0.15) is 16.7 Å². The molecule has 0 saturated carbocycles. The van der Waals surface area contributed by atoms with Crippen molar-refractivity contribution in [3.8, 4) is 17.6 Å². The summed E-state index contributed by atoms with van der Waals surface area (Å²) in [5.74, 6) is 6.18. The van der Waals surface area contributed by atoms with Crippen molar-refractivity contribution in [3.05, 3.63) is 76.8 Å². The van der Waals surface area contributed by atoms with Crippen LogP contribution in [0.15, 0.2) is 55.1 Å². The molecule has 0 aliphatic carbocycles. The molecule has 108 valence electrons. The van der Waals surface area contributed by atoms with Crippen LogP contribution in [0.3, 0.4) is 0 Å². The maximum Gasteiger partial charge on any atom is 0.137 e. The van der Waals surface area contributed by atoms with Crippen LogP contribution in [0.2, 0.25) is 5.02 Å². The fourth-order valence-corrected chi connectivity index (χ4v) is 2.16. The van der Waals surface area contributed by atoms with E-state index in [9.17, 15) is 5.11 Å². The van der Waals surface area contributed by atoms with E-state index < -0.39 is 0 Å². The number of benzene rings is 2. The molecule has 0 radical (unpaired) electrons. The van der Waals surface area contributed by atoms with Gasteiger partial charge in [0.2, 0.25) is 0 Å². The third-order valence-electron chi connectivity index (χ3n) is 3.04. The molecule has 1 aromatic heterocycles. The predicted molar refractivity (Wildman–Crippen MR) is 84.7 cm³/mol. The second kappa shape index (κ2) is 6.33. The number of phenols is 1. The normalized spacial score (nSPS) is 10.0. The number of rotatable bonds is 2. The first-order valence-corrected chi connectivity index (χ1v) is 7.00. The first-order chi connectivity index (χ1) is 10.7. The zero-order valence-corrected chi connectivity index (χ0v) is 12.3. The van der Waals surface area contributed by atoms with Gasteiger partial charge in [-0.25, -0.2) is 9.67 Å². The van der Waals surface area contributed by atoms with E-state index in [1.807, 2.05) is 24.3 Å². The van der Waals surface area contributed by atoms with Crippen molar-refractivity contribution in [1.29, 1.82) is 0 Å². The van der Waals surface area contributed by atoms with E-state index in [2.05, 4.69) is 21.9 Å². The molecule has 0 aliphatic heterocycles. The molecule has 1 heterocycles. The first kappa shape index (κ1) is 14.2. The van der Waals surface area contributed by atoms with Gasteiger partial charge >= 0.3 is 0 Å². The van der Waals surface area contributed by atoms with Gasteiger partial charge in [0.15, 0.2) is 0 Å². The molecule has 0 fully saturated rings. The monoisotopic (exact) mass is 309 g/mol. The van der Waals surface area contributed by atoms with E-state index in [1.54, 1.807) is 23.1 Å². The minimum absolute atomic E-state index is 0.0575. The molecule has 5 heteroatoms. The molecule has 0 unspecified atom stereocenters. The smallest absolute Gasteiger partial charge is 0.137 e. The highest BCUT2D eigenvalue weighted by atomic mass is 35.5. The molecule has 22 heavy (non-hydrogen) atoms. The molecule has 1 N–H and O–H groups in total. The van der Waals surface area contributed by atoms with E-state index in [4.69, 9.17) is 11.6 Å². The van der Waals surface area contributed by atoms with Gasteiger partial charge in [-0.2, -0.15) is 5.10 Å². The van der Waals surface area contributed by atoms with E-state index in [0.717, 1.165) is 16.7 Å². The summed E-state index contributed by atoms with van der Waals surface area (Å²) in [5, 5.41) is 13.8. The Labute approximate surface area is 133 Å². The van der Waals surface area contributed by atoms with E-state index >= 15 is 0 Å². The van der Waals surface area contributed by atoms with Crippen LogP contribution in [0, 0.1) is 11.8 Å². The van der Waals surface area contributed by atoms with Crippen molar-refractivity contribution >= 4 is 11.6 Å². The summed E-state index contributed by atoms with van der Waals surface area (Å²) in [4.78, 5) is 3.92. The SMILES string of the molecule is Oc1ccc(C#Cc2cccc(Cn3cncn3)c2)cc1Cl. The van der Waals surface area contributed by atoms with Crippen LogP contribution >= 0.6 is 11.6 Å². The van der Waals surface area contributed by atoms with Crippen LogP contribution in [-0.4, -0.2) is 19.9 Å². The maximum atomic E-state index is 9.39. The van der Waals surface area contributed by atoms with Crippen LogP contribution in [0.4, 0.5) is 0 Å². The second-order valence-electron chi connectivity index (χ2n) is 4.71. The zero-order chi connectivity index (χ0) is 15.4. The predicted octanol–water partition coefficient (Wildman–Crippen LogP) is 3.09. The molecule has 0 aliphatic rings. The van der Waals surface area contributed by atoms with Gasteiger partial charge in [-0.1, -0.05) is 35.6 Å². The first-order valence-electron chi connectivity index (χ1n) is 6.62. The van der Waals surface area contributed by atoms with Gasteiger partial charge in [-0.15, -0.1) is 0 Å². The number of phenolic OH excluding ortho intramolecular Hbond substituents is 1. The Hall–Kier alpha value is -2.77. The number of hydrogen-bond donors (Lipinski definition) is 1. The Morgan fingerprint density at radius 3 is 2.64 bits per heavy atom. The lowest BCUT2D eigenvalue weighted by Gasteiger charge is -2.01. The van der Waals surface area contributed by atoms with E-state index in [-0.39, 0.29) is 5.75 Å². The molecule has 0 amide bonds. The summed E-state index contributed by atoms with van der Waals surface area (Å²) in [6.45, 7) is 0.653. The quantitative estimate of drug-likeness (QED) is 0.740. The molecular formula is C17H12ClN3O. The van der Waals surface area contributed by atoms with Crippen molar-refractivity contribution in [1.82, 2.24) is 14.8 Å².